The lowest BCUT2D eigenvalue weighted by atomic mass is 9.94. The van der Waals surface area contributed by atoms with Crippen molar-refractivity contribution in [3.63, 3.8) is 0 Å². The molecule has 2 N–H and O–H groups in total. The maximum atomic E-state index is 9.19. The first kappa shape index (κ1) is 15.9. The average Bonchev–Trinajstić information content (AvgIpc) is 2.88. The number of hydrogen-bond acceptors (Lipinski definition) is 3. The number of rotatable bonds is 8. The zero-order valence-corrected chi connectivity index (χ0v) is 13.2. The maximum absolute atomic E-state index is 9.19. The Bertz CT molecular complexity index is 365. The third-order valence-corrected chi connectivity index (χ3v) is 5.03. The summed E-state index contributed by atoms with van der Waals surface area (Å²) in [5.41, 5.74) is 1.45. The summed E-state index contributed by atoms with van der Waals surface area (Å²) < 4.78 is 0. The van der Waals surface area contributed by atoms with Crippen LogP contribution in [0.3, 0.4) is 0 Å². The Morgan fingerprint density at radius 2 is 2.10 bits per heavy atom. The Morgan fingerprint density at radius 1 is 1.30 bits per heavy atom. The van der Waals surface area contributed by atoms with Crippen molar-refractivity contribution < 1.29 is 5.11 Å². The summed E-state index contributed by atoms with van der Waals surface area (Å²) in [6, 6.07) is 11.9. The molecule has 1 aromatic rings. The number of aliphatic hydroxyl groups excluding tert-OH is 1. The van der Waals surface area contributed by atoms with Gasteiger partial charge < -0.3 is 10.4 Å². The molecule has 0 amide bonds. The summed E-state index contributed by atoms with van der Waals surface area (Å²) >= 11 is 1.86. The van der Waals surface area contributed by atoms with E-state index in [4.69, 9.17) is 0 Å². The van der Waals surface area contributed by atoms with Gasteiger partial charge in [-0.25, -0.2) is 0 Å². The van der Waals surface area contributed by atoms with Gasteiger partial charge in [0.05, 0.1) is 0 Å². The molecule has 0 spiro atoms. The molecular weight excluding hydrogens is 266 g/mol. The van der Waals surface area contributed by atoms with E-state index >= 15 is 0 Å². The molecule has 0 aromatic heterocycles. The Morgan fingerprint density at radius 3 is 2.80 bits per heavy atom. The van der Waals surface area contributed by atoms with Crippen LogP contribution in [0.15, 0.2) is 30.3 Å². The van der Waals surface area contributed by atoms with E-state index in [-0.39, 0.29) is 6.61 Å². The Balaban J connectivity index is 1.89. The van der Waals surface area contributed by atoms with Gasteiger partial charge in [-0.2, -0.15) is 11.8 Å². The number of thioether (sulfide) groups is 1. The third kappa shape index (κ3) is 4.80. The molecule has 0 heterocycles. The van der Waals surface area contributed by atoms with Crippen LogP contribution in [-0.4, -0.2) is 35.8 Å². The predicted molar refractivity (Wildman–Crippen MR) is 88.3 cm³/mol. The van der Waals surface area contributed by atoms with E-state index in [0.29, 0.717) is 12.1 Å². The lowest BCUT2D eigenvalue weighted by molar-refractivity contribution is 0.256. The second-order valence-electron chi connectivity index (χ2n) is 5.82. The Kier molecular flexibility index (Phi) is 6.91. The van der Waals surface area contributed by atoms with Gasteiger partial charge >= 0.3 is 0 Å². The van der Waals surface area contributed by atoms with Crippen molar-refractivity contribution >= 4 is 11.8 Å². The molecule has 0 aliphatic heterocycles. The van der Waals surface area contributed by atoms with Crippen molar-refractivity contribution in [1.29, 1.82) is 0 Å². The lowest BCUT2D eigenvalue weighted by Gasteiger charge is -2.27. The smallest absolute Gasteiger partial charge is 0.0446 e. The minimum absolute atomic E-state index is 0.286. The van der Waals surface area contributed by atoms with Gasteiger partial charge in [0.1, 0.15) is 0 Å². The predicted octanol–water partition coefficient (Wildman–Crippen LogP) is 3.10. The summed E-state index contributed by atoms with van der Waals surface area (Å²) in [5, 5.41) is 13.0. The highest BCUT2D eigenvalue weighted by Crippen LogP contribution is 2.29. The largest absolute Gasteiger partial charge is 0.396 e. The summed E-state index contributed by atoms with van der Waals surface area (Å²) in [5.74, 6) is 1.84. The van der Waals surface area contributed by atoms with Crippen LogP contribution in [0.1, 0.15) is 31.2 Å². The van der Waals surface area contributed by atoms with E-state index in [0.717, 1.165) is 18.1 Å². The van der Waals surface area contributed by atoms with Crippen molar-refractivity contribution in [2.24, 2.45) is 5.92 Å². The molecule has 0 radical (unpaired) electrons. The van der Waals surface area contributed by atoms with Gasteiger partial charge in [-0.05, 0) is 43.4 Å². The second kappa shape index (κ2) is 8.71. The van der Waals surface area contributed by atoms with Gasteiger partial charge in [0.2, 0.25) is 0 Å². The average molecular weight is 293 g/mol. The first-order chi connectivity index (χ1) is 9.83. The molecule has 2 nitrogen and oxygen atoms in total. The summed E-state index contributed by atoms with van der Waals surface area (Å²) in [6.07, 6.45) is 8.15. The van der Waals surface area contributed by atoms with Crippen molar-refractivity contribution in [3.8, 4) is 0 Å². The maximum Gasteiger partial charge on any atom is 0.0446 e. The fourth-order valence-corrected chi connectivity index (χ4v) is 3.96. The van der Waals surface area contributed by atoms with Crippen LogP contribution in [0.2, 0.25) is 0 Å². The van der Waals surface area contributed by atoms with Crippen LogP contribution in [0.5, 0.6) is 0 Å². The van der Waals surface area contributed by atoms with Gasteiger partial charge in [0.25, 0.3) is 0 Å². The Hall–Kier alpha value is -0.510. The van der Waals surface area contributed by atoms with Crippen LogP contribution in [0, 0.1) is 5.92 Å². The van der Waals surface area contributed by atoms with E-state index < -0.39 is 0 Å². The van der Waals surface area contributed by atoms with Crippen molar-refractivity contribution in [1.82, 2.24) is 5.32 Å². The SMILES string of the molecule is CSCC(CCO)NC1CCCC1Cc1ccccc1. The highest BCUT2D eigenvalue weighted by atomic mass is 32.2. The zero-order valence-electron chi connectivity index (χ0n) is 12.4. The highest BCUT2D eigenvalue weighted by molar-refractivity contribution is 7.98. The van der Waals surface area contributed by atoms with E-state index in [9.17, 15) is 5.11 Å². The summed E-state index contributed by atoms with van der Waals surface area (Å²) in [6.45, 7) is 0.286. The molecule has 1 aliphatic rings. The van der Waals surface area contributed by atoms with Crippen LogP contribution < -0.4 is 5.32 Å². The van der Waals surface area contributed by atoms with Crippen LogP contribution in [0.4, 0.5) is 0 Å². The second-order valence-corrected chi connectivity index (χ2v) is 6.73. The molecule has 0 bridgehead atoms. The van der Waals surface area contributed by atoms with Crippen molar-refractivity contribution in [3.05, 3.63) is 35.9 Å². The van der Waals surface area contributed by atoms with Gasteiger partial charge in [0.15, 0.2) is 0 Å². The first-order valence-corrected chi connectivity index (χ1v) is 9.12. The molecule has 1 saturated carbocycles. The topological polar surface area (TPSA) is 32.3 Å². The molecule has 1 aromatic carbocycles. The first-order valence-electron chi connectivity index (χ1n) is 7.73. The van der Waals surface area contributed by atoms with Crippen LogP contribution in [-0.2, 0) is 6.42 Å². The lowest BCUT2D eigenvalue weighted by Crippen LogP contribution is -2.42. The van der Waals surface area contributed by atoms with Crippen molar-refractivity contribution in [2.75, 3.05) is 18.6 Å². The standard InChI is InChI=1S/C17H27NOS/c1-20-13-16(10-11-19)18-17-9-5-8-15(17)12-14-6-3-2-4-7-14/h2-4,6-7,15-19H,5,8-13H2,1H3. The highest BCUT2D eigenvalue weighted by Gasteiger charge is 2.28. The molecule has 112 valence electrons. The van der Waals surface area contributed by atoms with Crippen molar-refractivity contribution in [2.45, 2.75) is 44.2 Å². The zero-order chi connectivity index (χ0) is 14.2. The fourth-order valence-electron chi connectivity index (χ4n) is 3.29. The molecular formula is C17H27NOS. The molecule has 2 rings (SSSR count). The summed E-state index contributed by atoms with van der Waals surface area (Å²) in [7, 11) is 0. The van der Waals surface area contributed by atoms with Gasteiger partial charge in [-0.3, -0.25) is 0 Å². The quantitative estimate of drug-likeness (QED) is 0.772. The number of benzene rings is 1. The van der Waals surface area contributed by atoms with E-state index in [1.54, 1.807) is 0 Å². The van der Waals surface area contributed by atoms with Gasteiger partial charge in [-0.15, -0.1) is 0 Å². The Labute approximate surface area is 127 Å². The third-order valence-electron chi connectivity index (χ3n) is 4.29. The van der Waals surface area contributed by atoms with E-state index in [1.165, 1.54) is 31.2 Å². The minimum atomic E-state index is 0.286. The van der Waals surface area contributed by atoms with Gasteiger partial charge in [-0.1, -0.05) is 36.8 Å². The normalized spacial score (nSPS) is 23.9. The number of aliphatic hydroxyl groups is 1. The van der Waals surface area contributed by atoms with Crippen LogP contribution >= 0.6 is 11.8 Å². The minimum Gasteiger partial charge on any atom is -0.396 e. The molecule has 3 atom stereocenters. The van der Waals surface area contributed by atoms with E-state index in [1.807, 2.05) is 11.8 Å². The molecule has 3 unspecified atom stereocenters. The number of hydrogen-bond donors (Lipinski definition) is 2. The van der Waals surface area contributed by atoms with E-state index in [2.05, 4.69) is 41.9 Å². The van der Waals surface area contributed by atoms with Gasteiger partial charge in [0, 0.05) is 24.4 Å². The molecule has 1 fully saturated rings. The summed E-state index contributed by atoms with van der Waals surface area (Å²) in [4.78, 5) is 0. The molecule has 0 saturated heterocycles. The fraction of sp³-hybridized carbons (Fsp3) is 0.647. The number of nitrogens with one attached hydrogen (secondary N) is 1. The molecule has 3 heteroatoms. The monoisotopic (exact) mass is 293 g/mol. The molecule has 20 heavy (non-hydrogen) atoms. The molecule has 1 aliphatic carbocycles. The van der Waals surface area contributed by atoms with Crippen LogP contribution in [0.25, 0.3) is 0 Å².